The first kappa shape index (κ1) is 9.99. The Morgan fingerprint density at radius 2 is 2.15 bits per heavy atom. The molecule has 2 nitrogen and oxygen atoms in total. The van der Waals surface area contributed by atoms with Crippen molar-refractivity contribution in [3.8, 4) is 5.75 Å². The van der Waals surface area contributed by atoms with Crippen LogP contribution < -0.4 is 4.74 Å². The maximum Gasteiger partial charge on any atom is 0.125 e. The van der Waals surface area contributed by atoms with E-state index in [9.17, 15) is 9.50 Å². The van der Waals surface area contributed by atoms with Crippen LogP contribution >= 0.6 is 0 Å². The smallest absolute Gasteiger partial charge is 0.125 e. The zero-order valence-electron chi connectivity index (χ0n) is 7.53. The maximum atomic E-state index is 12.2. The van der Waals surface area contributed by atoms with E-state index >= 15 is 0 Å². The van der Waals surface area contributed by atoms with E-state index in [1.807, 2.05) is 6.92 Å². The van der Waals surface area contributed by atoms with Gasteiger partial charge in [-0.3, -0.25) is 0 Å². The quantitative estimate of drug-likeness (QED) is 0.776. The molecule has 1 atom stereocenters. The van der Waals surface area contributed by atoms with Gasteiger partial charge in [-0.15, -0.1) is 0 Å². The van der Waals surface area contributed by atoms with E-state index < -0.39 is 12.8 Å². The van der Waals surface area contributed by atoms with Gasteiger partial charge in [-0.05, 0) is 13.0 Å². The van der Waals surface area contributed by atoms with Crippen molar-refractivity contribution in [3.05, 3.63) is 29.8 Å². The predicted octanol–water partition coefficient (Wildman–Crippen LogP) is 2.09. The standard InChI is InChI=1S/C10H13FO2/c1-2-13-10-6-4-3-5-8(10)9(12)7-11/h3-6,9,12H,2,7H2,1H3. The number of aliphatic hydroxyl groups is 1. The van der Waals surface area contributed by atoms with Crippen LogP contribution in [0.5, 0.6) is 5.75 Å². The third kappa shape index (κ3) is 2.42. The maximum absolute atomic E-state index is 12.2. The molecule has 0 spiro atoms. The highest BCUT2D eigenvalue weighted by Crippen LogP contribution is 2.24. The SMILES string of the molecule is CCOc1ccccc1C(O)CF. The van der Waals surface area contributed by atoms with Crippen molar-refractivity contribution in [2.45, 2.75) is 13.0 Å². The van der Waals surface area contributed by atoms with Crippen molar-refractivity contribution < 1.29 is 14.2 Å². The van der Waals surface area contributed by atoms with Crippen LogP contribution in [0.1, 0.15) is 18.6 Å². The normalized spacial score (nSPS) is 12.5. The molecular formula is C10H13FO2. The summed E-state index contributed by atoms with van der Waals surface area (Å²) in [6.07, 6.45) is -1.08. The Balaban J connectivity index is 2.90. The van der Waals surface area contributed by atoms with Crippen LogP contribution in [0.25, 0.3) is 0 Å². The van der Waals surface area contributed by atoms with Gasteiger partial charge in [0.1, 0.15) is 18.5 Å². The number of alkyl halides is 1. The molecule has 3 heteroatoms. The van der Waals surface area contributed by atoms with Crippen LogP contribution in [0.2, 0.25) is 0 Å². The molecule has 0 radical (unpaired) electrons. The third-order valence-corrected chi connectivity index (χ3v) is 1.72. The monoisotopic (exact) mass is 184 g/mol. The molecule has 0 aliphatic rings. The van der Waals surface area contributed by atoms with Crippen molar-refractivity contribution >= 4 is 0 Å². The molecule has 1 aromatic carbocycles. The summed E-state index contributed by atoms with van der Waals surface area (Å²) in [6, 6.07) is 6.92. The Kier molecular flexibility index (Phi) is 3.71. The minimum Gasteiger partial charge on any atom is -0.493 e. The molecular weight excluding hydrogens is 171 g/mol. The molecule has 13 heavy (non-hydrogen) atoms. The summed E-state index contributed by atoms with van der Waals surface area (Å²) in [4.78, 5) is 0. The molecule has 0 bridgehead atoms. The lowest BCUT2D eigenvalue weighted by atomic mass is 10.1. The summed E-state index contributed by atoms with van der Waals surface area (Å²) in [5.74, 6) is 0.551. The van der Waals surface area contributed by atoms with E-state index in [-0.39, 0.29) is 0 Å². The average molecular weight is 184 g/mol. The fraction of sp³-hybridized carbons (Fsp3) is 0.400. The van der Waals surface area contributed by atoms with Gasteiger partial charge in [0.15, 0.2) is 0 Å². The van der Waals surface area contributed by atoms with E-state index in [0.717, 1.165) is 0 Å². The van der Waals surface area contributed by atoms with Crippen molar-refractivity contribution in [1.29, 1.82) is 0 Å². The molecule has 0 fully saturated rings. The van der Waals surface area contributed by atoms with E-state index in [4.69, 9.17) is 4.74 Å². The van der Waals surface area contributed by atoms with E-state index in [2.05, 4.69) is 0 Å². The number of ether oxygens (including phenoxy) is 1. The van der Waals surface area contributed by atoms with Gasteiger partial charge in [0.25, 0.3) is 0 Å². The van der Waals surface area contributed by atoms with Crippen LogP contribution in [-0.2, 0) is 0 Å². The second-order valence-electron chi connectivity index (χ2n) is 2.64. The number of halogens is 1. The summed E-state index contributed by atoms with van der Waals surface area (Å²) < 4.78 is 17.4. The summed E-state index contributed by atoms with van der Waals surface area (Å²) >= 11 is 0. The largest absolute Gasteiger partial charge is 0.493 e. The number of hydrogen-bond donors (Lipinski definition) is 1. The molecule has 1 aromatic rings. The van der Waals surface area contributed by atoms with Crippen molar-refractivity contribution in [1.82, 2.24) is 0 Å². The molecule has 0 amide bonds. The lowest BCUT2D eigenvalue weighted by molar-refractivity contribution is 0.137. The zero-order valence-corrected chi connectivity index (χ0v) is 7.53. The van der Waals surface area contributed by atoms with Gasteiger partial charge in [-0.25, -0.2) is 4.39 Å². The Morgan fingerprint density at radius 3 is 2.77 bits per heavy atom. The highest BCUT2D eigenvalue weighted by atomic mass is 19.1. The van der Waals surface area contributed by atoms with Crippen LogP contribution in [0, 0.1) is 0 Å². The summed E-state index contributed by atoms with van der Waals surface area (Å²) in [5.41, 5.74) is 0.506. The van der Waals surface area contributed by atoms with E-state index in [1.165, 1.54) is 0 Å². The van der Waals surface area contributed by atoms with Gasteiger partial charge in [-0.1, -0.05) is 18.2 Å². The highest BCUT2D eigenvalue weighted by Gasteiger charge is 2.11. The van der Waals surface area contributed by atoms with Crippen molar-refractivity contribution in [2.75, 3.05) is 13.3 Å². The number of aliphatic hydroxyl groups excluding tert-OH is 1. The summed E-state index contributed by atoms with van der Waals surface area (Å²) in [5, 5.41) is 9.28. The fourth-order valence-electron chi connectivity index (χ4n) is 1.13. The van der Waals surface area contributed by atoms with Crippen LogP contribution in [0.15, 0.2) is 24.3 Å². The van der Waals surface area contributed by atoms with Crippen LogP contribution in [0.4, 0.5) is 4.39 Å². The van der Waals surface area contributed by atoms with Crippen molar-refractivity contribution in [3.63, 3.8) is 0 Å². The first-order valence-corrected chi connectivity index (χ1v) is 4.25. The van der Waals surface area contributed by atoms with Gasteiger partial charge in [0.2, 0.25) is 0 Å². The molecule has 1 N–H and O–H groups in total. The minimum absolute atomic E-state index is 0.506. The molecule has 0 saturated carbocycles. The zero-order chi connectivity index (χ0) is 9.68. The lowest BCUT2D eigenvalue weighted by Crippen LogP contribution is -2.03. The summed E-state index contributed by atoms with van der Waals surface area (Å²) in [6.45, 7) is 1.57. The number of rotatable bonds is 4. The van der Waals surface area contributed by atoms with E-state index in [0.29, 0.717) is 17.9 Å². The third-order valence-electron chi connectivity index (χ3n) is 1.72. The number of benzene rings is 1. The second kappa shape index (κ2) is 4.82. The van der Waals surface area contributed by atoms with Gasteiger partial charge < -0.3 is 9.84 Å². The topological polar surface area (TPSA) is 29.5 Å². The van der Waals surface area contributed by atoms with Crippen LogP contribution in [-0.4, -0.2) is 18.4 Å². The molecule has 0 heterocycles. The number of hydrogen-bond acceptors (Lipinski definition) is 2. The lowest BCUT2D eigenvalue weighted by Gasteiger charge is -2.12. The fourth-order valence-corrected chi connectivity index (χ4v) is 1.13. The molecule has 0 aromatic heterocycles. The Morgan fingerprint density at radius 1 is 1.46 bits per heavy atom. The first-order chi connectivity index (χ1) is 6.29. The Labute approximate surface area is 77.0 Å². The van der Waals surface area contributed by atoms with E-state index in [1.54, 1.807) is 24.3 Å². The molecule has 0 saturated heterocycles. The number of para-hydroxylation sites is 1. The second-order valence-corrected chi connectivity index (χ2v) is 2.64. The molecule has 0 aliphatic heterocycles. The average Bonchev–Trinajstić information content (AvgIpc) is 2.18. The van der Waals surface area contributed by atoms with Gasteiger partial charge in [0, 0.05) is 5.56 Å². The molecule has 72 valence electrons. The minimum atomic E-state index is -1.08. The molecule has 1 unspecified atom stereocenters. The highest BCUT2D eigenvalue weighted by molar-refractivity contribution is 5.35. The summed E-state index contributed by atoms with van der Waals surface area (Å²) in [7, 11) is 0. The molecule has 1 rings (SSSR count). The van der Waals surface area contributed by atoms with Gasteiger partial charge in [0.05, 0.1) is 6.61 Å². The Hall–Kier alpha value is -1.09. The van der Waals surface area contributed by atoms with Gasteiger partial charge >= 0.3 is 0 Å². The Bertz CT molecular complexity index is 263. The van der Waals surface area contributed by atoms with Gasteiger partial charge in [-0.2, -0.15) is 0 Å². The van der Waals surface area contributed by atoms with Crippen molar-refractivity contribution in [2.24, 2.45) is 0 Å². The molecule has 0 aliphatic carbocycles. The van der Waals surface area contributed by atoms with Crippen LogP contribution in [0.3, 0.4) is 0 Å². The predicted molar refractivity (Wildman–Crippen MR) is 48.5 cm³/mol. The first-order valence-electron chi connectivity index (χ1n) is 4.25.